The van der Waals surface area contributed by atoms with Crippen molar-refractivity contribution in [3.05, 3.63) is 83.9 Å². The molecule has 0 aliphatic carbocycles. The Hall–Kier alpha value is -4.18. The summed E-state index contributed by atoms with van der Waals surface area (Å²) in [7, 11) is 0. The molecule has 1 unspecified atom stereocenters. The zero-order chi connectivity index (χ0) is 21.5. The molecule has 5 rings (SSSR count). The number of benzene rings is 2. The van der Waals surface area contributed by atoms with Gasteiger partial charge in [0.2, 0.25) is 0 Å². The second-order valence-electron chi connectivity index (χ2n) is 7.76. The zero-order valence-electron chi connectivity index (χ0n) is 17.3. The largest absolute Gasteiger partial charge is 0.384 e. The molecule has 0 radical (unpaired) electrons. The lowest BCUT2D eigenvalue weighted by Crippen LogP contribution is -2.21. The summed E-state index contributed by atoms with van der Waals surface area (Å²) in [6, 6.07) is 17.9. The Kier molecular flexibility index (Phi) is 4.41. The van der Waals surface area contributed by atoms with E-state index in [9.17, 15) is 0 Å². The molecule has 1 aliphatic rings. The third-order valence-electron chi connectivity index (χ3n) is 5.66. The van der Waals surface area contributed by atoms with Crippen LogP contribution in [-0.4, -0.2) is 26.3 Å². The van der Waals surface area contributed by atoms with E-state index in [2.05, 4.69) is 54.6 Å². The van der Waals surface area contributed by atoms with Crippen molar-refractivity contribution in [1.29, 1.82) is 0 Å². The minimum Gasteiger partial charge on any atom is -0.384 e. The van der Waals surface area contributed by atoms with Crippen LogP contribution in [0.2, 0.25) is 0 Å². The van der Waals surface area contributed by atoms with Crippen molar-refractivity contribution in [1.82, 2.24) is 19.7 Å². The average Bonchev–Trinajstić information content (AvgIpc) is 3.13. The first-order valence-corrected chi connectivity index (χ1v) is 10.1. The maximum Gasteiger partial charge on any atom is 0.187 e. The van der Waals surface area contributed by atoms with Gasteiger partial charge in [-0.05, 0) is 48.9 Å². The van der Waals surface area contributed by atoms with Crippen molar-refractivity contribution < 1.29 is 0 Å². The predicted molar refractivity (Wildman–Crippen MR) is 122 cm³/mol. The topological polar surface area (TPSA) is 77.2 Å². The van der Waals surface area contributed by atoms with Crippen LogP contribution in [-0.2, 0) is 0 Å². The molecule has 0 saturated heterocycles. The molecule has 1 aliphatic heterocycles. The number of fused-ring (bicyclic) bond motifs is 3. The lowest BCUT2D eigenvalue weighted by molar-refractivity contribution is 0.696. The fourth-order valence-corrected chi connectivity index (χ4v) is 4.09. The molecule has 2 aromatic carbocycles. The summed E-state index contributed by atoms with van der Waals surface area (Å²) >= 11 is 0. The number of anilines is 3. The lowest BCUT2D eigenvalue weighted by Gasteiger charge is -2.27. The number of nitrogen functional groups attached to an aromatic ring is 1. The molecule has 0 amide bonds. The van der Waals surface area contributed by atoms with Crippen LogP contribution >= 0.6 is 0 Å². The quantitative estimate of drug-likeness (QED) is 0.472. The van der Waals surface area contributed by atoms with Gasteiger partial charge < -0.3 is 10.6 Å². The van der Waals surface area contributed by atoms with Crippen LogP contribution in [0.25, 0.3) is 21.7 Å². The van der Waals surface area contributed by atoms with Crippen molar-refractivity contribution in [2.45, 2.75) is 19.8 Å². The predicted octanol–water partition coefficient (Wildman–Crippen LogP) is 5.03. The molecule has 7 heteroatoms. The molecule has 1 atom stereocenters. The number of rotatable bonds is 2. The molecule has 0 fully saturated rings. The second kappa shape index (κ2) is 7.26. The first kappa shape index (κ1) is 18.8. The first-order valence-electron chi connectivity index (χ1n) is 10.1. The van der Waals surface area contributed by atoms with Crippen LogP contribution < -0.4 is 10.6 Å². The molecule has 2 aromatic heterocycles. The van der Waals surface area contributed by atoms with E-state index in [1.807, 2.05) is 43.3 Å². The van der Waals surface area contributed by atoms with E-state index in [1.165, 1.54) is 0 Å². The molecule has 2 N–H and O–H groups in total. The van der Waals surface area contributed by atoms with Gasteiger partial charge in [0.25, 0.3) is 0 Å². The van der Waals surface area contributed by atoms with Crippen molar-refractivity contribution >= 4 is 22.9 Å². The Morgan fingerprint density at radius 2 is 1.77 bits per heavy atom. The van der Waals surface area contributed by atoms with Gasteiger partial charge in [-0.2, -0.15) is 0 Å². The minimum atomic E-state index is 0.163. The van der Waals surface area contributed by atoms with Crippen LogP contribution in [0, 0.1) is 13.5 Å². The summed E-state index contributed by atoms with van der Waals surface area (Å²) in [5.74, 6) is 2.46. The van der Waals surface area contributed by atoms with E-state index >= 15 is 0 Å². The average molecular weight is 407 g/mol. The fraction of sp³-hybridized carbons (Fsp3) is 0.167. The molecular formula is C24H21N7. The van der Waals surface area contributed by atoms with Gasteiger partial charge in [-0.3, -0.25) is 4.57 Å². The van der Waals surface area contributed by atoms with Gasteiger partial charge in [0.05, 0.1) is 17.9 Å². The molecule has 0 saturated carbocycles. The van der Waals surface area contributed by atoms with E-state index < -0.39 is 0 Å². The standard InChI is InChI=1S/C24H21N7/c1-15-14-30(20-8-6-19(26-3)7-9-20)22-12-17(18-5-11-23(25)27-13-18)4-10-21(22)31-16(2)28-29-24(15)31/h4-13,15H,14H2,1-2H3,(H2,25,27). The second-order valence-corrected chi connectivity index (χ2v) is 7.76. The van der Waals surface area contributed by atoms with Gasteiger partial charge in [0, 0.05) is 29.9 Å². The Bertz CT molecular complexity index is 1300. The highest BCUT2D eigenvalue weighted by atomic mass is 15.3. The monoisotopic (exact) mass is 407 g/mol. The number of hydrogen-bond donors (Lipinski definition) is 1. The van der Waals surface area contributed by atoms with E-state index in [0.717, 1.165) is 46.4 Å². The number of aromatic nitrogens is 4. The molecule has 7 nitrogen and oxygen atoms in total. The maximum atomic E-state index is 7.25. The Balaban J connectivity index is 1.72. The van der Waals surface area contributed by atoms with Crippen LogP contribution in [0.5, 0.6) is 0 Å². The molecule has 31 heavy (non-hydrogen) atoms. The van der Waals surface area contributed by atoms with E-state index in [-0.39, 0.29) is 5.92 Å². The van der Waals surface area contributed by atoms with Gasteiger partial charge in [0.1, 0.15) is 17.5 Å². The SMILES string of the molecule is [C-]#[N+]c1ccc(N2CC(C)c3nnc(C)n3-c3ccc(-c4ccc(N)nc4)cc32)cc1. The molecule has 3 heterocycles. The highest BCUT2D eigenvalue weighted by Gasteiger charge is 2.28. The van der Waals surface area contributed by atoms with Gasteiger partial charge in [-0.25, -0.2) is 9.83 Å². The summed E-state index contributed by atoms with van der Waals surface area (Å²) in [6.07, 6.45) is 1.79. The highest BCUT2D eigenvalue weighted by Crippen LogP contribution is 2.40. The van der Waals surface area contributed by atoms with Crippen molar-refractivity contribution in [2.24, 2.45) is 0 Å². The van der Waals surface area contributed by atoms with E-state index in [4.69, 9.17) is 12.3 Å². The van der Waals surface area contributed by atoms with E-state index in [1.54, 1.807) is 6.20 Å². The molecule has 152 valence electrons. The molecule has 4 aromatic rings. The van der Waals surface area contributed by atoms with Crippen LogP contribution in [0.15, 0.2) is 60.8 Å². The number of hydrogen-bond acceptors (Lipinski definition) is 5. The summed E-state index contributed by atoms with van der Waals surface area (Å²) < 4.78 is 2.14. The number of aryl methyl sites for hydroxylation is 1. The van der Waals surface area contributed by atoms with Crippen LogP contribution in [0.1, 0.15) is 24.5 Å². The van der Waals surface area contributed by atoms with Crippen LogP contribution in [0.3, 0.4) is 0 Å². The number of nitrogens with two attached hydrogens (primary N) is 1. The fourth-order valence-electron chi connectivity index (χ4n) is 4.09. The molecule has 0 bridgehead atoms. The van der Waals surface area contributed by atoms with E-state index in [0.29, 0.717) is 11.5 Å². The van der Waals surface area contributed by atoms with Gasteiger partial charge >= 0.3 is 0 Å². The summed E-state index contributed by atoms with van der Waals surface area (Å²) in [4.78, 5) is 10.1. The van der Waals surface area contributed by atoms with Gasteiger partial charge in [0.15, 0.2) is 5.69 Å². The van der Waals surface area contributed by atoms with Crippen LogP contribution in [0.4, 0.5) is 22.9 Å². The first-order chi connectivity index (χ1) is 15.0. The lowest BCUT2D eigenvalue weighted by atomic mass is 10.0. The number of nitrogens with zero attached hydrogens (tertiary/aromatic N) is 6. The number of pyridine rings is 1. The van der Waals surface area contributed by atoms with Crippen molar-refractivity contribution in [3.63, 3.8) is 0 Å². The third kappa shape index (κ3) is 3.19. The summed E-state index contributed by atoms with van der Waals surface area (Å²) in [6.45, 7) is 12.1. The van der Waals surface area contributed by atoms with Gasteiger partial charge in [-0.1, -0.05) is 25.1 Å². The molecule has 0 spiro atoms. The normalized spacial score (nSPS) is 15.0. The maximum absolute atomic E-state index is 7.25. The zero-order valence-corrected chi connectivity index (χ0v) is 17.3. The summed E-state index contributed by atoms with van der Waals surface area (Å²) in [5.41, 5.74) is 11.6. The Morgan fingerprint density at radius 3 is 2.48 bits per heavy atom. The third-order valence-corrected chi connectivity index (χ3v) is 5.66. The smallest absolute Gasteiger partial charge is 0.187 e. The van der Waals surface area contributed by atoms with Gasteiger partial charge in [-0.15, -0.1) is 10.2 Å². The highest BCUT2D eigenvalue weighted by molar-refractivity contribution is 5.80. The minimum absolute atomic E-state index is 0.163. The molecular weight excluding hydrogens is 386 g/mol. The Morgan fingerprint density at radius 1 is 1.00 bits per heavy atom. The summed E-state index contributed by atoms with van der Waals surface area (Å²) in [5, 5.41) is 8.80. The van der Waals surface area contributed by atoms with Crippen molar-refractivity contribution in [2.75, 3.05) is 17.2 Å². The van der Waals surface area contributed by atoms with Crippen molar-refractivity contribution in [3.8, 4) is 16.8 Å². The Labute approximate surface area is 180 Å².